The molecule has 0 radical (unpaired) electrons. The first kappa shape index (κ1) is 14.3. The molecule has 1 aromatic carbocycles. The highest BCUT2D eigenvalue weighted by atomic mass is 16.5. The summed E-state index contributed by atoms with van der Waals surface area (Å²) in [5.74, 6) is 0.867. The number of aliphatic hydroxyl groups excluding tert-OH is 1. The Hall–Kier alpha value is -1.65. The van der Waals surface area contributed by atoms with Crippen molar-refractivity contribution >= 4 is 0 Å². The predicted molar refractivity (Wildman–Crippen MR) is 81.8 cm³/mol. The number of hydrogen-bond donors (Lipinski definition) is 1. The lowest BCUT2D eigenvalue weighted by Gasteiger charge is -2.36. The van der Waals surface area contributed by atoms with Crippen LogP contribution in [-0.2, 0) is 6.54 Å². The molecule has 0 spiro atoms. The highest BCUT2D eigenvalue weighted by Crippen LogP contribution is 2.27. The highest BCUT2D eigenvalue weighted by Gasteiger charge is 2.25. The maximum Gasteiger partial charge on any atom is 0.151 e. The van der Waals surface area contributed by atoms with Crippen molar-refractivity contribution in [3.8, 4) is 11.3 Å². The van der Waals surface area contributed by atoms with Crippen molar-refractivity contribution < 1.29 is 9.63 Å². The van der Waals surface area contributed by atoms with Gasteiger partial charge in [0.05, 0.1) is 13.2 Å². The molecule has 0 unspecified atom stereocenters. The summed E-state index contributed by atoms with van der Waals surface area (Å²) in [6.45, 7) is 3.69. The van der Waals surface area contributed by atoms with Crippen molar-refractivity contribution in [1.82, 2.24) is 10.1 Å². The van der Waals surface area contributed by atoms with Gasteiger partial charge >= 0.3 is 0 Å². The van der Waals surface area contributed by atoms with Gasteiger partial charge in [0.2, 0.25) is 0 Å². The second-order valence-electron chi connectivity index (χ2n) is 5.82. The van der Waals surface area contributed by atoms with Crippen LogP contribution in [0.3, 0.4) is 0 Å². The molecule has 1 heterocycles. The highest BCUT2D eigenvalue weighted by molar-refractivity contribution is 5.59. The molecule has 112 valence electrons. The number of aromatic nitrogens is 1. The van der Waals surface area contributed by atoms with Gasteiger partial charge in [-0.1, -0.05) is 41.4 Å². The van der Waals surface area contributed by atoms with Crippen molar-refractivity contribution in [3.63, 3.8) is 0 Å². The van der Waals surface area contributed by atoms with Crippen LogP contribution < -0.4 is 0 Å². The molecule has 1 fully saturated rings. The molecule has 4 heteroatoms. The van der Waals surface area contributed by atoms with Crippen LogP contribution in [0.25, 0.3) is 11.3 Å². The smallest absolute Gasteiger partial charge is 0.151 e. The quantitative estimate of drug-likeness (QED) is 0.887. The molecule has 1 saturated carbocycles. The normalized spacial score (nSPS) is 15.4. The largest absolute Gasteiger partial charge is 0.395 e. The van der Waals surface area contributed by atoms with E-state index in [0.717, 1.165) is 23.6 Å². The maximum atomic E-state index is 9.20. The van der Waals surface area contributed by atoms with Crippen LogP contribution in [0, 0.1) is 6.92 Å². The zero-order valence-electron chi connectivity index (χ0n) is 12.5. The number of aryl methyl sites for hydroxylation is 1. The van der Waals surface area contributed by atoms with Gasteiger partial charge in [-0.15, -0.1) is 0 Å². The van der Waals surface area contributed by atoms with E-state index in [2.05, 4.69) is 41.2 Å². The lowest BCUT2D eigenvalue weighted by Crippen LogP contribution is -2.41. The first-order chi connectivity index (χ1) is 10.3. The van der Waals surface area contributed by atoms with Gasteiger partial charge in [0.15, 0.2) is 5.76 Å². The summed E-state index contributed by atoms with van der Waals surface area (Å²) in [4.78, 5) is 2.29. The third-order valence-electron chi connectivity index (χ3n) is 4.24. The maximum absolute atomic E-state index is 9.20. The summed E-state index contributed by atoms with van der Waals surface area (Å²) >= 11 is 0. The fourth-order valence-electron chi connectivity index (χ4n) is 2.72. The number of aliphatic hydroxyl groups is 1. The van der Waals surface area contributed by atoms with Crippen molar-refractivity contribution in [1.29, 1.82) is 0 Å². The van der Waals surface area contributed by atoms with Crippen LogP contribution in [0.2, 0.25) is 0 Å². The minimum atomic E-state index is 0.190. The second-order valence-corrected chi connectivity index (χ2v) is 5.82. The molecular formula is C17H22N2O2. The Bertz CT molecular complexity index is 573. The summed E-state index contributed by atoms with van der Waals surface area (Å²) in [6.07, 6.45) is 3.73. The first-order valence-electron chi connectivity index (χ1n) is 7.64. The van der Waals surface area contributed by atoms with Crippen LogP contribution in [0.5, 0.6) is 0 Å². The lowest BCUT2D eigenvalue weighted by molar-refractivity contribution is 0.0855. The van der Waals surface area contributed by atoms with Crippen molar-refractivity contribution in [2.75, 3.05) is 13.2 Å². The van der Waals surface area contributed by atoms with Crippen LogP contribution in [0.15, 0.2) is 34.9 Å². The Morgan fingerprint density at radius 2 is 2.05 bits per heavy atom. The number of nitrogens with zero attached hydrogens (tertiary/aromatic N) is 2. The molecule has 1 aromatic heterocycles. The van der Waals surface area contributed by atoms with E-state index in [1.807, 2.05) is 6.07 Å². The van der Waals surface area contributed by atoms with Crippen molar-refractivity contribution in [2.24, 2.45) is 0 Å². The number of rotatable bonds is 6. The third kappa shape index (κ3) is 3.34. The van der Waals surface area contributed by atoms with Gasteiger partial charge in [0.1, 0.15) is 5.69 Å². The average Bonchev–Trinajstić information content (AvgIpc) is 2.86. The molecule has 4 nitrogen and oxygen atoms in total. The lowest BCUT2D eigenvalue weighted by atomic mass is 9.91. The molecule has 0 aliphatic heterocycles. The van der Waals surface area contributed by atoms with Gasteiger partial charge in [-0.25, -0.2) is 0 Å². The SMILES string of the molecule is Cc1ccc(-c2cc(CN(CCO)C3CCC3)on2)cc1. The summed E-state index contributed by atoms with van der Waals surface area (Å²) in [5, 5.41) is 13.4. The molecule has 3 rings (SSSR count). The molecule has 1 N–H and O–H groups in total. The van der Waals surface area contributed by atoms with E-state index >= 15 is 0 Å². The van der Waals surface area contributed by atoms with E-state index in [1.165, 1.54) is 24.8 Å². The first-order valence-corrected chi connectivity index (χ1v) is 7.64. The minimum Gasteiger partial charge on any atom is -0.395 e. The predicted octanol–water partition coefficient (Wildman–Crippen LogP) is 3.00. The molecule has 1 aliphatic carbocycles. The van der Waals surface area contributed by atoms with Gasteiger partial charge in [0, 0.05) is 24.2 Å². The van der Waals surface area contributed by atoms with Crippen LogP contribution in [0.4, 0.5) is 0 Å². The molecular weight excluding hydrogens is 264 g/mol. The zero-order chi connectivity index (χ0) is 14.7. The van der Waals surface area contributed by atoms with E-state index in [-0.39, 0.29) is 6.61 Å². The van der Waals surface area contributed by atoms with Gasteiger partial charge in [0.25, 0.3) is 0 Å². The molecule has 0 saturated heterocycles. The zero-order valence-corrected chi connectivity index (χ0v) is 12.5. The molecule has 1 aliphatic rings. The third-order valence-corrected chi connectivity index (χ3v) is 4.24. The van der Waals surface area contributed by atoms with Crippen LogP contribution in [-0.4, -0.2) is 34.4 Å². The Morgan fingerprint density at radius 1 is 1.29 bits per heavy atom. The van der Waals surface area contributed by atoms with E-state index < -0.39 is 0 Å². The van der Waals surface area contributed by atoms with Crippen LogP contribution in [0.1, 0.15) is 30.6 Å². The van der Waals surface area contributed by atoms with Gasteiger partial charge in [-0.05, 0) is 19.8 Å². The number of hydrogen-bond acceptors (Lipinski definition) is 4. The van der Waals surface area contributed by atoms with Gasteiger partial charge in [-0.2, -0.15) is 0 Å². The van der Waals surface area contributed by atoms with Crippen molar-refractivity contribution in [2.45, 2.75) is 38.8 Å². The topological polar surface area (TPSA) is 49.5 Å². The molecule has 0 bridgehead atoms. The van der Waals surface area contributed by atoms with E-state index in [0.29, 0.717) is 12.6 Å². The Labute approximate surface area is 125 Å². The Kier molecular flexibility index (Phi) is 4.36. The fraction of sp³-hybridized carbons (Fsp3) is 0.471. The Balaban J connectivity index is 1.70. The van der Waals surface area contributed by atoms with Crippen molar-refractivity contribution in [3.05, 3.63) is 41.7 Å². The van der Waals surface area contributed by atoms with Gasteiger partial charge in [-0.3, -0.25) is 4.90 Å². The second kappa shape index (κ2) is 6.41. The average molecular weight is 286 g/mol. The standard InChI is InChI=1S/C17H22N2O2/c1-13-5-7-14(8-6-13)17-11-16(21-18-17)12-19(9-10-20)15-3-2-4-15/h5-8,11,15,20H,2-4,9-10,12H2,1H3. The van der Waals surface area contributed by atoms with Crippen LogP contribution >= 0.6 is 0 Å². The molecule has 21 heavy (non-hydrogen) atoms. The monoisotopic (exact) mass is 286 g/mol. The number of benzene rings is 1. The summed E-state index contributed by atoms with van der Waals surface area (Å²) in [6, 6.07) is 10.9. The van der Waals surface area contributed by atoms with E-state index in [4.69, 9.17) is 4.52 Å². The van der Waals surface area contributed by atoms with E-state index in [1.54, 1.807) is 0 Å². The Morgan fingerprint density at radius 3 is 2.67 bits per heavy atom. The van der Waals surface area contributed by atoms with Gasteiger partial charge < -0.3 is 9.63 Å². The summed E-state index contributed by atoms with van der Waals surface area (Å²) < 4.78 is 5.47. The minimum absolute atomic E-state index is 0.190. The summed E-state index contributed by atoms with van der Waals surface area (Å²) in [7, 11) is 0. The van der Waals surface area contributed by atoms with E-state index in [9.17, 15) is 5.11 Å². The fourth-order valence-corrected chi connectivity index (χ4v) is 2.72. The molecule has 0 amide bonds. The molecule has 2 aromatic rings. The summed E-state index contributed by atoms with van der Waals surface area (Å²) in [5.41, 5.74) is 3.19. The molecule has 0 atom stereocenters.